The van der Waals surface area contributed by atoms with Gasteiger partial charge in [0.1, 0.15) is 11.6 Å². The molecule has 0 saturated carbocycles. The summed E-state index contributed by atoms with van der Waals surface area (Å²) in [6.07, 6.45) is 1.06. The predicted molar refractivity (Wildman–Crippen MR) is 107 cm³/mol. The van der Waals surface area contributed by atoms with E-state index in [2.05, 4.69) is 41.6 Å². The van der Waals surface area contributed by atoms with Crippen molar-refractivity contribution in [2.45, 2.75) is 40.3 Å². The number of aryl methyl sites for hydroxylation is 3. The van der Waals surface area contributed by atoms with Crippen LogP contribution in [0.5, 0.6) is 5.75 Å². The van der Waals surface area contributed by atoms with Gasteiger partial charge < -0.3 is 10.1 Å². The van der Waals surface area contributed by atoms with E-state index >= 15 is 0 Å². The highest BCUT2D eigenvalue weighted by molar-refractivity contribution is 5.93. The molecule has 3 aromatic rings. The van der Waals surface area contributed by atoms with Crippen molar-refractivity contribution >= 4 is 11.7 Å². The van der Waals surface area contributed by atoms with Crippen LogP contribution in [-0.4, -0.2) is 21.8 Å². The first kappa shape index (κ1) is 18.7. The van der Waals surface area contributed by atoms with E-state index in [4.69, 9.17) is 4.74 Å². The standard InChI is InChI=1S/C22H25N3O2/c1-15-5-8-19(9-6-15)14-25-21(11-12-23-25)24-22(26)18(4)27-20-10-7-16(2)17(3)13-20/h5-13,18H,14H2,1-4H3,(H,24,26). The number of ether oxygens (including phenoxy) is 1. The minimum atomic E-state index is -0.616. The highest BCUT2D eigenvalue weighted by Crippen LogP contribution is 2.18. The number of hydrogen-bond donors (Lipinski definition) is 1. The quantitative estimate of drug-likeness (QED) is 0.712. The molecule has 0 fully saturated rings. The Hall–Kier alpha value is -3.08. The van der Waals surface area contributed by atoms with Gasteiger partial charge in [-0.15, -0.1) is 0 Å². The number of aromatic nitrogens is 2. The number of amides is 1. The first-order chi connectivity index (χ1) is 12.9. The Labute approximate surface area is 160 Å². The summed E-state index contributed by atoms with van der Waals surface area (Å²) in [5.41, 5.74) is 4.67. The van der Waals surface area contributed by atoms with Gasteiger partial charge in [-0.25, -0.2) is 4.68 Å². The molecule has 0 aliphatic heterocycles. The molecular formula is C22H25N3O2. The van der Waals surface area contributed by atoms with Crippen LogP contribution in [0.3, 0.4) is 0 Å². The fraction of sp³-hybridized carbons (Fsp3) is 0.273. The summed E-state index contributed by atoms with van der Waals surface area (Å²) in [6.45, 7) is 8.46. The van der Waals surface area contributed by atoms with E-state index < -0.39 is 6.10 Å². The number of nitrogens with one attached hydrogen (secondary N) is 1. The summed E-state index contributed by atoms with van der Waals surface area (Å²) in [7, 11) is 0. The van der Waals surface area contributed by atoms with Crippen molar-refractivity contribution in [1.82, 2.24) is 9.78 Å². The van der Waals surface area contributed by atoms with Crippen LogP contribution in [0.2, 0.25) is 0 Å². The molecule has 1 aromatic heterocycles. The zero-order valence-electron chi connectivity index (χ0n) is 16.2. The lowest BCUT2D eigenvalue weighted by Crippen LogP contribution is -2.31. The molecule has 1 atom stereocenters. The highest BCUT2D eigenvalue weighted by Gasteiger charge is 2.17. The van der Waals surface area contributed by atoms with Crippen molar-refractivity contribution in [2.75, 3.05) is 5.32 Å². The molecule has 5 nitrogen and oxygen atoms in total. The van der Waals surface area contributed by atoms with E-state index in [9.17, 15) is 4.79 Å². The molecule has 0 spiro atoms. The van der Waals surface area contributed by atoms with Gasteiger partial charge in [0.05, 0.1) is 12.7 Å². The number of nitrogens with zero attached hydrogens (tertiary/aromatic N) is 2. The molecule has 2 aromatic carbocycles. The van der Waals surface area contributed by atoms with Gasteiger partial charge in [-0.05, 0) is 56.5 Å². The minimum absolute atomic E-state index is 0.209. The summed E-state index contributed by atoms with van der Waals surface area (Å²) in [6, 6.07) is 15.9. The van der Waals surface area contributed by atoms with Crippen LogP contribution < -0.4 is 10.1 Å². The molecule has 0 saturated heterocycles. The molecule has 0 aliphatic carbocycles. The number of rotatable bonds is 6. The molecular weight excluding hydrogens is 338 g/mol. The molecule has 3 rings (SSSR count). The van der Waals surface area contributed by atoms with Gasteiger partial charge >= 0.3 is 0 Å². The van der Waals surface area contributed by atoms with Crippen molar-refractivity contribution in [3.05, 3.63) is 77.0 Å². The van der Waals surface area contributed by atoms with Gasteiger partial charge in [0, 0.05) is 6.07 Å². The topological polar surface area (TPSA) is 56.2 Å². The molecule has 0 aliphatic rings. The fourth-order valence-electron chi connectivity index (χ4n) is 2.70. The lowest BCUT2D eigenvalue weighted by Gasteiger charge is -2.16. The van der Waals surface area contributed by atoms with Crippen LogP contribution in [-0.2, 0) is 11.3 Å². The fourth-order valence-corrected chi connectivity index (χ4v) is 2.70. The van der Waals surface area contributed by atoms with Crippen LogP contribution in [0.15, 0.2) is 54.7 Å². The van der Waals surface area contributed by atoms with Gasteiger partial charge in [-0.1, -0.05) is 35.9 Å². The number of carbonyl (C=O) groups excluding carboxylic acids is 1. The lowest BCUT2D eigenvalue weighted by atomic mass is 10.1. The van der Waals surface area contributed by atoms with Crippen LogP contribution in [0.4, 0.5) is 5.82 Å². The van der Waals surface area contributed by atoms with Crippen molar-refractivity contribution < 1.29 is 9.53 Å². The van der Waals surface area contributed by atoms with Crippen LogP contribution in [0, 0.1) is 20.8 Å². The summed E-state index contributed by atoms with van der Waals surface area (Å²) in [5.74, 6) is 1.13. The average molecular weight is 363 g/mol. The second-order valence-corrected chi connectivity index (χ2v) is 6.86. The number of anilines is 1. The van der Waals surface area contributed by atoms with Gasteiger partial charge in [0.25, 0.3) is 5.91 Å². The summed E-state index contributed by atoms with van der Waals surface area (Å²) in [4.78, 5) is 12.5. The SMILES string of the molecule is Cc1ccc(Cn2nccc2NC(=O)C(C)Oc2ccc(C)c(C)c2)cc1. The van der Waals surface area contributed by atoms with E-state index in [1.807, 2.05) is 32.0 Å². The van der Waals surface area contributed by atoms with E-state index in [0.717, 1.165) is 11.1 Å². The Bertz CT molecular complexity index is 929. The van der Waals surface area contributed by atoms with Crippen molar-refractivity contribution in [3.8, 4) is 5.75 Å². The summed E-state index contributed by atoms with van der Waals surface area (Å²) in [5, 5.41) is 7.22. The second-order valence-electron chi connectivity index (χ2n) is 6.86. The zero-order chi connectivity index (χ0) is 19.4. The maximum Gasteiger partial charge on any atom is 0.266 e. The predicted octanol–water partition coefficient (Wildman–Crippen LogP) is 4.26. The van der Waals surface area contributed by atoms with E-state index in [-0.39, 0.29) is 5.91 Å². The Morgan fingerprint density at radius 1 is 1.07 bits per heavy atom. The smallest absolute Gasteiger partial charge is 0.266 e. The summed E-state index contributed by atoms with van der Waals surface area (Å²) < 4.78 is 7.56. The number of carbonyl (C=O) groups is 1. The first-order valence-electron chi connectivity index (χ1n) is 9.04. The molecule has 0 radical (unpaired) electrons. The van der Waals surface area contributed by atoms with Crippen LogP contribution in [0.1, 0.15) is 29.2 Å². The largest absolute Gasteiger partial charge is 0.481 e. The molecule has 5 heteroatoms. The average Bonchev–Trinajstić information content (AvgIpc) is 3.07. The van der Waals surface area contributed by atoms with E-state index in [1.54, 1.807) is 23.9 Å². The third kappa shape index (κ3) is 4.76. The molecule has 1 N–H and O–H groups in total. The van der Waals surface area contributed by atoms with E-state index in [1.165, 1.54) is 11.1 Å². The maximum absolute atomic E-state index is 12.5. The molecule has 27 heavy (non-hydrogen) atoms. The van der Waals surface area contributed by atoms with E-state index in [0.29, 0.717) is 18.1 Å². The Morgan fingerprint density at radius 2 is 1.81 bits per heavy atom. The first-order valence-corrected chi connectivity index (χ1v) is 9.04. The Kier molecular flexibility index (Phi) is 5.60. The van der Waals surface area contributed by atoms with Crippen molar-refractivity contribution in [3.63, 3.8) is 0 Å². The molecule has 1 unspecified atom stereocenters. The second kappa shape index (κ2) is 8.08. The molecule has 140 valence electrons. The van der Waals surface area contributed by atoms with Crippen LogP contribution >= 0.6 is 0 Å². The van der Waals surface area contributed by atoms with Gasteiger partial charge in [0.15, 0.2) is 6.10 Å². The minimum Gasteiger partial charge on any atom is -0.481 e. The normalized spacial score (nSPS) is 11.9. The maximum atomic E-state index is 12.5. The molecule has 1 amide bonds. The Balaban J connectivity index is 1.64. The zero-order valence-corrected chi connectivity index (χ0v) is 16.2. The number of hydrogen-bond acceptors (Lipinski definition) is 3. The van der Waals surface area contributed by atoms with Crippen molar-refractivity contribution in [1.29, 1.82) is 0 Å². The van der Waals surface area contributed by atoms with Crippen LogP contribution in [0.25, 0.3) is 0 Å². The molecule has 1 heterocycles. The van der Waals surface area contributed by atoms with Crippen molar-refractivity contribution in [2.24, 2.45) is 0 Å². The van der Waals surface area contributed by atoms with Gasteiger partial charge in [-0.3, -0.25) is 4.79 Å². The third-order valence-electron chi connectivity index (χ3n) is 4.58. The highest BCUT2D eigenvalue weighted by atomic mass is 16.5. The lowest BCUT2D eigenvalue weighted by molar-refractivity contribution is -0.122. The monoisotopic (exact) mass is 363 g/mol. The number of benzene rings is 2. The molecule has 0 bridgehead atoms. The summed E-state index contributed by atoms with van der Waals surface area (Å²) >= 11 is 0. The van der Waals surface area contributed by atoms with Gasteiger partial charge in [-0.2, -0.15) is 5.10 Å². The van der Waals surface area contributed by atoms with Gasteiger partial charge in [0.2, 0.25) is 0 Å². The Morgan fingerprint density at radius 3 is 2.52 bits per heavy atom. The third-order valence-corrected chi connectivity index (χ3v) is 4.58.